The molecule has 0 unspecified atom stereocenters. The van der Waals surface area contributed by atoms with E-state index in [2.05, 4.69) is 36.0 Å². The fourth-order valence-corrected chi connectivity index (χ4v) is 3.44. The summed E-state index contributed by atoms with van der Waals surface area (Å²) in [4.78, 5) is 32.7. The van der Waals surface area contributed by atoms with Crippen LogP contribution in [0.4, 0.5) is 5.69 Å². The summed E-state index contributed by atoms with van der Waals surface area (Å²) >= 11 is 4.78. The number of carbonyl (C=O) groups is 2. The zero-order chi connectivity index (χ0) is 19.9. The first-order valence-corrected chi connectivity index (χ1v) is 10.0. The van der Waals surface area contributed by atoms with Crippen LogP contribution >= 0.6 is 27.7 Å². The summed E-state index contributed by atoms with van der Waals surface area (Å²) < 4.78 is 5.16. The van der Waals surface area contributed by atoms with Gasteiger partial charge in [0, 0.05) is 17.6 Å². The van der Waals surface area contributed by atoms with E-state index in [4.69, 9.17) is 0 Å². The Hall–Kier alpha value is -2.71. The molecule has 0 aliphatic carbocycles. The molecule has 142 valence electrons. The number of ether oxygens (including phenoxy) is 1. The van der Waals surface area contributed by atoms with Gasteiger partial charge in [0.25, 0.3) is 5.91 Å². The van der Waals surface area contributed by atoms with Crippen molar-refractivity contribution in [1.82, 2.24) is 9.97 Å². The maximum absolute atomic E-state index is 12.6. The lowest BCUT2D eigenvalue weighted by molar-refractivity contribution is 0.0600. The summed E-state index contributed by atoms with van der Waals surface area (Å²) in [5.74, 6) is -0.100. The number of rotatable bonds is 6. The van der Waals surface area contributed by atoms with E-state index in [1.54, 1.807) is 30.5 Å². The molecule has 0 fully saturated rings. The van der Waals surface area contributed by atoms with Gasteiger partial charge in [0.2, 0.25) is 0 Å². The standard InChI is InChI=1S/C20H16BrN3O3S/c1-27-19(26)14-7-9-15(10-8-14)23-18(25)17-16(21)11-22-20(24-17)28-12-13-5-3-2-4-6-13/h2-11H,12H2,1H3,(H,23,25). The zero-order valence-electron chi connectivity index (χ0n) is 14.9. The van der Waals surface area contributed by atoms with Crippen LogP contribution in [0.15, 0.2) is 70.4 Å². The van der Waals surface area contributed by atoms with E-state index >= 15 is 0 Å². The maximum atomic E-state index is 12.6. The second kappa shape index (κ2) is 9.48. The summed E-state index contributed by atoms with van der Waals surface area (Å²) in [6.07, 6.45) is 1.57. The van der Waals surface area contributed by atoms with E-state index in [9.17, 15) is 9.59 Å². The van der Waals surface area contributed by atoms with Gasteiger partial charge in [-0.05, 0) is 45.8 Å². The summed E-state index contributed by atoms with van der Waals surface area (Å²) in [5, 5.41) is 3.28. The summed E-state index contributed by atoms with van der Waals surface area (Å²) in [5.41, 5.74) is 2.34. The number of halogens is 1. The molecule has 0 aliphatic heterocycles. The number of esters is 1. The molecule has 28 heavy (non-hydrogen) atoms. The lowest BCUT2D eigenvalue weighted by atomic mass is 10.2. The van der Waals surface area contributed by atoms with Gasteiger partial charge in [-0.2, -0.15) is 0 Å². The molecule has 0 saturated heterocycles. The maximum Gasteiger partial charge on any atom is 0.337 e. The second-order valence-electron chi connectivity index (χ2n) is 5.65. The molecule has 2 aromatic carbocycles. The molecule has 0 atom stereocenters. The van der Waals surface area contributed by atoms with Crippen LogP contribution in [0.25, 0.3) is 0 Å². The summed E-state index contributed by atoms with van der Waals surface area (Å²) in [7, 11) is 1.32. The largest absolute Gasteiger partial charge is 0.465 e. The Labute approximate surface area is 174 Å². The second-order valence-corrected chi connectivity index (χ2v) is 7.44. The smallest absolute Gasteiger partial charge is 0.337 e. The Balaban J connectivity index is 1.69. The number of carbonyl (C=O) groups excluding carboxylic acids is 2. The molecule has 0 bridgehead atoms. The lowest BCUT2D eigenvalue weighted by Crippen LogP contribution is -2.15. The predicted molar refractivity (Wildman–Crippen MR) is 111 cm³/mol. The molecule has 3 rings (SSSR count). The molecule has 1 amide bonds. The van der Waals surface area contributed by atoms with Crippen LogP contribution in [-0.4, -0.2) is 29.0 Å². The van der Waals surface area contributed by atoms with Gasteiger partial charge in [-0.3, -0.25) is 4.79 Å². The third kappa shape index (κ3) is 5.17. The number of hydrogen-bond acceptors (Lipinski definition) is 6. The number of aromatic nitrogens is 2. The summed E-state index contributed by atoms with van der Waals surface area (Å²) in [6, 6.07) is 16.4. The highest BCUT2D eigenvalue weighted by Gasteiger charge is 2.15. The molecule has 0 radical (unpaired) electrons. The summed E-state index contributed by atoms with van der Waals surface area (Å²) in [6.45, 7) is 0. The Morgan fingerprint density at radius 1 is 1.11 bits per heavy atom. The minimum atomic E-state index is -0.434. The first-order chi connectivity index (χ1) is 13.6. The molecular weight excluding hydrogens is 442 g/mol. The topological polar surface area (TPSA) is 81.2 Å². The molecule has 1 heterocycles. The van der Waals surface area contributed by atoms with Crippen LogP contribution in [0.3, 0.4) is 0 Å². The Morgan fingerprint density at radius 3 is 2.50 bits per heavy atom. The van der Waals surface area contributed by atoms with E-state index in [0.29, 0.717) is 26.6 Å². The monoisotopic (exact) mass is 457 g/mol. The van der Waals surface area contributed by atoms with E-state index in [1.165, 1.54) is 18.9 Å². The number of nitrogens with zero attached hydrogens (tertiary/aromatic N) is 2. The minimum Gasteiger partial charge on any atom is -0.465 e. The normalized spacial score (nSPS) is 10.4. The first kappa shape index (κ1) is 20.0. The van der Waals surface area contributed by atoms with Crippen LogP contribution in [0.5, 0.6) is 0 Å². The van der Waals surface area contributed by atoms with Crippen molar-refractivity contribution in [3.05, 3.63) is 82.1 Å². The SMILES string of the molecule is COC(=O)c1ccc(NC(=O)c2nc(SCc3ccccc3)ncc2Br)cc1. The lowest BCUT2D eigenvalue weighted by Gasteiger charge is -2.08. The van der Waals surface area contributed by atoms with Gasteiger partial charge in [-0.25, -0.2) is 14.8 Å². The van der Waals surface area contributed by atoms with Crippen LogP contribution in [-0.2, 0) is 10.5 Å². The molecule has 0 spiro atoms. The van der Waals surface area contributed by atoms with Crippen molar-refractivity contribution < 1.29 is 14.3 Å². The fraction of sp³-hybridized carbons (Fsp3) is 0.100. The number of hydrogen-bond donors (Lipinski definition) is 1. The van der Waals surface area contributed by atoms with Crippen molar-refractivity contribution in [2.24, 2.45) is 0 Å². The van der Waals surface area contributed by atoms with E-state index in [-0.39, 0.29) is 11.6 Å². The Bertz CT molecular complexity index is 982. The fourth-order valence-electron chi connectivity index (χ4n) is 2.30. The van der Waals surface area contributed by atoms with E-state index in [0.717, 1.165) is 5.56 Å². The van der Waals surface area contributed by atoms with Gasteiger partial charge in [0.1, 0.15) is 5.69 Å². The Kier molecular flexibility index (Phi) is 6.78. The van der Waals surface area contributed by atoms with Gasteiger partial charge in [-0.15, -0.1) is 0 Å². The number of nitrogens with one attached hydrogen (secondary N) is 1. The number of anilines is 1. The van der Waals surface area contributed by atoms with Gasteiger partial charge >= 0.3 is 5.97 Å². The van der Waals surface area contributed by atoms with E-state index < -0.39 is 5.97 Å². The molecular formula is C20H16BrN3O3S. The predicted octanol–water partition coefficient (Wildman–Crippen LogP) is 4.57. The number of benzene rings is 2. The van der Waals surface area contributed by atoms with Crippen LogP contribution in [0.2, 0.25) is 0 Å². The highest BCUT2D eigenvalue weighted by atomic mass is 79.9. The van der Waals surface area contributed by atoms with Crippen molar-refractivity contribution >= 4 is 45.3 Å². The molecule has 1 aromatic heterocycles. The van der Waals surface area contributed by atoms with Gasteiger partial charge < -0.3 is 10.1 Å². The van der Waals surface area contributed by atoms with Gasteiger partial charge in [0.15, 0.2) is 5.16 Å². The average Bonchev–Trinajstić information content (AvgIpc) is 2.73. The molecule has 0 aliphatic rings. The highest BCUT2D eigenvalue weighted by molar-refractivity contribution is 9.10. The average molecular weight is 458 g/mol. The number of amides is 1. The minimum absolute atomic E-state index is 0.239. The molecule has 0 saturated carbocycles. The van der Waals surface area contributed by atoms with Gasteiger partial charge in [-0.1, -0.05) is 42.1 Å². The quantitative estimate of drug-likeness (QED) is 0.331. The van der Waals surface area contributed by atoms with E-state index in [1.807, 2.05) is 30.3 Å². The van der Waals surface area contributed by atoms with Crippen molar-refractivity contribution in [1.29, 1.82) is 0 Å². The molecule has 8 heteroatoms. The van der Waals surface area contributed by atoms with Crippen LogP contribution < -0.4 is 5.32 Å². The molecule has 3 aromatic rings. The number of methoxy groups -OCH3 is 1. The van der Waals surface area contributed by atoms with Crippen LogP contribution in [0.1, 0.15) is 26.4 Å². The van der Waals surface area contributed by atoms with Crippen molar-refractivity contribution in [3.8, 4) is 0 Å². The third-order valence-electron chi connectivity index (χ3n) is 3.71. The zero-order valence-corrected chi connectivity index (χ0v) is 17.3. The highest BCUT2D eigenvalue weighted by Crippen LogP contribution is 2.23. The number of thioether (sulfide) groups is 1. The van der Waals surface area contributed by atoms with Gasteiger partial charge in [0.05, 0.1) is 17.1 Å². The first-order valence-electron chi connectivity index (χ1n) is 8.26. The van der Waals surface area contributed by atoms with Crippen molar-refractivity contribution in [2.75, 3.05) is 12.4 Å². The molecule has 1 N–H and O–H groups in total. The van der Waals surface area contributed by atoms with Crippen LogP contribution in [0, 0.1) is 0 Å². The molecule has 6 nitrogen and oxygen atoms in total. The third-order valence-corrected chi connectivity index (χ3v) is 5.22. The van der Waals surface area contributed by atoms with Crippen molar-refractivity contribution in [3.63, 3.8) is 0 Å². The van der Waals surface area contributed by atoms with Crippen molar-refractivity contribution in [2.45, 2.75) is 10.9 Å². The Morgan fingerprint density at radius 2 is 1.82 bits per heavy atom.